The second kappa shape index (κ2) is 8.30. The lowest BCUT2D eigenvalue weighted by atomic mass is 9.85. The van der Waals surface area contributed by atoms with Crippen LogP contribution in [0.15, 0.2) is 48.5 Å². The van der Waals surface area contributed by atoms with Crippen LogP contribution in [-0.2, 0) is 6.54 Å². The number of hydrogen-bond donors (Lipinski definition) is 1. The van der Waals surface area contributed by atoms with Gasteiger partial charge in [0.2, 0.25) is 0 Å². The van der Waals surface area contributed by atoms with Crippen molar-refractivity contribution in [1.82, 2.24) is 9.55 Å². The summed E-state index contributed by atoms with van der Waals surface area (Å²) in [5.41, 5.74) is 2.07. The van der Waals surface area contributed by atoms with Crippen molar-refractivity contribution in [1.29, 1.82) is 0 Å². The van der Waals surface area contributed by atoms with Crippen LogP contribution < -0.4 is 4.74 Å². The quantitative estimate of drug-likeness (QED) is 0.653. The van der Waals surface area contributed by atoms with Gasteiger partial charge in [0.25, 0.3) is 0 Å². The standard InChI is InChI=1S/C20H21ClN2O2.ClH/c21-15-8-10-17(11-9-15)25-13-16(24)12-23-19-7-2-1-6-18(19)22-20(23)14-4-3-5-14;/h1-2,6-11,14,16,24H,3-5,12-13H2;1H. The van der Waals surface area contributed by atoms with Gasteiger partial charge in [-0.25, -0.2) is 4.98 Å². The largest absolute Gasteiger partial charge is 0.491 e. The van der Waals surface area contributed by atoms with Crippen molar-refractivity contribution in [3.05, 3.63) is 59.4 Å². The number of imidazole rings is 1. The van der Waals surface area contributed by atoms with E-state index in [1.165, 1.54) is 19.3 Å². The molecule has 6 heteroatoms. The van der Waals surface area contributed by atoms with Crippen molar-refractivity contribution in [2.24, 2.45) is 0 Å². The maximum atomic E-state index is 10.5. The first-order valence-electron chi connectivity index (χ1n) is 8.72. The SMILES string of the molecule is Cl.OC(COc1ccc(Cl)cc1)Cn1c(C2CCC2)nc2ccccc21. The fourth-order valence-corrected chi connectivity index (χ4v) is 3.38. The molecular weight excluding hydrogens is 371 g/mol. The van der Waals surface area contributed by atoms with Gasteiger partial charge in [0.1, 0.15) is 24.3 Å². The summed E-state index contributed by atoms with van der Waals surface area (Å²) in [4.78, 5) is 4.81. The molecule has 0 aliphatic heterocycles. The molecule has 0 bridgehead atoms. The zero-order valence-electron chi connectivity index (χ0n) is 14.3. The molecular formula is C20H22Cl2N2O2. The van der Waals surface area contributed by atoms with E-state index in [1.807, 2.05) is 30.3 Å². The zero-order valence-corrected chi connectivity index (χ0v) is 15.9. The van der Waals surface area contributed by atoms with E-state index in [4.69, 9.17) is 21.3 Å². The monoisotopic (exact) mass is 392 g/mol. The van der Waals surface area contributed by atoms with Gasteiger partial charge in [0.05, 0.1) is 17.6 Å². The molecule has 4 rings (SSSR count). The number of rotatable bonds is 6. The summed E-state index contributed by atoms with van der Waals surface area (Å²) in [7, 11) is 0. The Labute approximate surface area is 164 Å². The average molecular weight is 393 g/mol. The number of aliphatic hydroxyl groups excluding tert-OH is 1. The summed E-state index contributed by atoms with van der Waals surface area (Å²) in [6.45, 7) is 0.720. The van der Waals surface area contributed by atoms with Crippen LogP contribution in [-0.4, -0.2) is 27.4 Å². The fourth-order valence-electron chi connectivity index (χ4n) is 3.25. The Morgan fingerprint density at radius 3 is 2.58 bits per heavy atom. The highest BCUT2D eigenvalue weighted by molar-refractivity contribution is 6.30. The summed E-state index contributed by atoms with van der Waals surface area (Å²) in [6, 6.07) is 15.3. The van der Waals surface area contributed by atoms with Crippen LogP contribution in [0.4, 0.5) is 0 Å². The topological polar surface area (TPSA) is 47.3 Å². The number of aliphatic hydroxyl groups is 1. The van der Waals surface area contributed by atoms with E-state index < -0.39 is 6.10 Å². The van der Waals surface area contributed by atoms with Crippen molar-refractivity contribution >= 4 is 35.0 Å². The van der Waals surface area contributed by atoms with Gasteiger partial charge in [-0.15, -0.1) is 12.4 Å². The molecule has 1 heterocycles. The van der Waals surface area contributed by atoms with E-state index in [-0.39, 0.29) is 19.0 Å². The molecule has 1 atom stereocenters. The molecule has 0 spiro atoms. The minimum atomic E-state index is -0.605. The summed E-state index contributed by atoms with van der Waals surface area (Å²) in [6.07, 6.45) is 3.02. The van der Waals surface area contributed by atoms with Gasteiger partial charge in [-0.2, -0.15) is 0 Å². The van der Waals surface area contributed by atoms with Crippen LogP contribution in [0.25, 0.3) is 11.0 Å². The van der Waals surface area contributed by atoms with Crippen molar-refractivity contribution < 1.29 is 9.84 Å². The molecule has 0 radical (unpaired) electrons. The smallest absolute Gasteiger partial charge is 0.119 e. The van der Waals surface area contributed by atoms with Crippen molar-refractivity contribution in [2.45, 2.75) is 37.8 Å². The van der Waals surface area contributed by atoms with Gasteiger partial charge in [-0.3, -0.25) is 0 Å². The summed E-state index contributed by atoms with van der Waals surface area (Å²) in [5.74, 6) is 2.31. The van der Waals surface area contributed by atoms with Crippen LogP contribution in [0.5, 0.6) is 5.75 Å². The Morgan fingerprint density at radius 2 is 1.88 bits per heavy atom. The highest BCUT2D eigenvalue weighted by Crippen LogP contribution is 2.37. The third-order valence-corrected chi connectivity index (χ3v) is 5.06. The first kappa shape index (κ1) is 19.0. The van der Waals surface area contributed by atoms with Crippen molar-refractivity contribution in [2.75, 3.05) is 6.61 Å². The zero-order chi connectivity index (χ0) is 17.2. The fraction of sp³-hybridized carbons (Fsp3) is 0.350. The number of fused-ring (bicyclic) bond motifs is 1. The van der Waals surface area contributed by atoms with Gasteiger partial charge in [-0.05, 0) is 49.2 Å². The number of benzene rings is 2. The molecule has 1 aliphatic carbocycles. The summed E-state index contributed by atoms with van der Waals surface area (Å²) >= 11 is 5.88. The second-order valence-corrected chi connectivity index (χ2v) is 7.05. The number of para-hydroxylation sites is 2. The molecule has 3 aromatic rings. The number of aromatic nitrogens is 2. The van der Waals surface area contributed by atoms with Gasteiger partial charge in [0.15, 0.2) is 0 Å². The molecule has 1 aliphatic rings. The number of hydrogen-bond acceptors (Lipinski definition) is 3. The maximum absolute atomic E-state index is 10.5. The molecule has 1 N–H and O–H groups in total. The van der Waals surface area contributed by atoms with Gasteiger partial charge in [0, 0.05) is 10.9 Å². The Morgan fingerprint density at radius 1 is 1.15 bits per heavy atom. The Bertz CT molecular complexity index is 860. The first-order valence-corrected chi connectivity index (χ1v) is 9.10. The number of nitrogens with zero attached hydrogens (tertiary/aromatic N) is 2. The third-order valence-electron chi connectivity index (χ3n) is 4.80. The molecule has 1 unspecified atom stereocenters. The molecule has 4 nitrogen and oxygen atoms in total. The first-order chi connectivity index (χ1) is 12.2. The molecule has 0 saturated heterocycles. The lowest BCUT2D eigenvalue weighted by molar-refractivity contribution is 0.0919. The van der Waals surface area contributed by atoms with Gasteiger partial charge < -0.3 is 14.4 Å². The lowest BCUT2D eigenvalue weighted by Crippen LogP contribution is -2.26. The Balaban J connectivity index is 0.00000196. The predicted molar refractivity (Wildman–Crippen MR) is 107 cm³/mol. The van der Waals surface area contributed by atoms with Crippen molar-refractivity contribution in [3.8, 4) is 5.75 Å². The van der Waals surface area contributed by atoms with Crippen LogP contribution in [0.2, 0.25) is 5.02 Å². The third kappa shape index (κ3) is 3.98. The lowest BCUT2D eigenvalue weighted by Gasteiger charge is -2.26. The van der Waals surface area contributed by atoms with Crippen LogP contribution in [0, 0.1) is 0 Å². The minimum absolute atomic E-state index is 0. The van der Waals surface area contributed by atoms with E-state index in [0.29, 0.717) is 23.2 Å². The van der Waals surface area contributed by atoms with Gasteiger partial charge in [-0.1, -0.05) is 30.2 Å². The molecule has 0 amide bonds. The molecule has 138 valence electrons. The van der Waals surface area contributed by atoms with Crippen LogP contribution in [0.1, 0.15) is 31.0 Å². The summed E-state index contributed by atoms with van der Waals surface area (Å²) < 4.78 is 7.84. The van der Waals surface area contributed by atoms with E-state index in [9.17, 15) is 5.11 Å². The van der Waals surface area contributed by atoms with E-state index >= 15 is 0 Å². The van der Waals surface area contributed by atoms with Crippen LogP contribution in [0.3, 0.4) is 0 Å². The molecule has 1 aromatic heterocycles. The Hall–Kier alpha value is -1.75. The van der Waals surface area contributed by atoms with Crippen molar-refractivity contribution in [3.63, 3.8) is 0 Å². The molecule has 1 saturated carbocycles. The maximum Gasteiger partial charge on any atom is 0.119 e. The van der Waals surface area contributed by atoms with E-state index in [2.05, 4.69) is 10.6 Å². The second-order valence-electron chi connectivity index (χ2n) is 6.62. The minimum Gasteiger partial charge on any atom is -0.491 e. The number of ether oxygens (including phenoxy) is 1. The van der Waals surface area contributed by atoms with Crippen LogP contribution >= 0.6 is 24.0 Å². The Kier molecular flexibility index (Phi) is 6.07. The highest BCUT2D eigenvalue weighted by Gasteiger charge is 2.26. The predicted octanol–water partition coefficient (Wildman–Crippen LogP) is 4.82. The number of halogens is 2. The molecule has 2 aromatic carbocycles. The molecule has 26 heavy (non-hydrogen) atoms. The normalized spacial score (nSPS) is 15.3. The highest BCUT2D eigenvalue weighted by atomic mass is 35.5. The van der Waals surface area contributed by atoms with E-state index in [0.717, 1.165) is 16.9 Å². The average Bonchev–Trinajstić information content (AvgIpc) is 2.91. The van der Waals surface area contributed by atoms with Gasteiger partial charge >= 0.3 is 0 Å². The molecule has 1 fully saturated rings. The van der Waals surface area contributed by atoms with E-state index in [1.54, 1.807) is 12.1 Å². The summed E-state index contributed by atoms with van der Waals surface area (Å²) in [5, 5.41) is 11.2.